The normalized spacial score (nSPS) is 37.9. The van der Waals surface area contributed by atoms with Gasteiger partial charge in [0.2, 0.25) is 0 Å². The molecule has 9 atom stereocenters. The molecule has 0 amide bonds. The van der Waals surface area contributed by atoms with Crippen molar-refractivity contribution in [2.45, 2.75) is 89.9 Å². The van der Waals surface area contributed by atoms with Gasteiger partial charge in [0.15, 0.2) is 18.7 Å². The van der Waals surface area contributed by atoms with Crippen LogP contribution in [0.5, 0.6) is 0 Å². The Balaban J connectivity index is 0.00000233. The van der Waals surface area contributed by atoms with Gasteiger partial charge in [0.25, 0.3) is 0 Å². The molecule has 0 bridgehead atoms. The Labute approximate surface area is 180 Å². The molecule has 12 nitrogen and oxygen atoms in total. The molecule has 0 spiro atoms. The molecule has 0 radical (unpaired) electrons. The molecule has 182 valence electrons. The predicted molar refractivity (Wildman–Crippen MR) is 102 cm³/mol. The Bertz CT molecular complexity index is 558. The van der Waals surface area contributed by atoms with E-state index in [1.54, 1.807) is 6.92 Å². The summed E-state index contributed by atoms with van der Waals surface area (Å²) in [6.07, 6.45) is -12.4. The maximum Gasteiger partial charge on any atom is 0.303 e. The zero-order valence-electron chi connectivity index (χ0n) is 18.4. The fraction of sp³-hybridized carbons (Fsp3) is 0.895. The second-order valence-corrected chi connectivity index (χ2v) is 6.71. The number of ether oxygens (including phenoxy) is 6. The van der Waals surface area contributed by atoms with E-state index in [2.05, 4.69) is 0 Å². The lowest BCUT2D eigenvalue weighted by atomic mass is 9.98. The van der Waals surface area contributed by atoms with Crippen LogP contribution in [0.15, 0.2) is 0 Å². The second kappa shape index (κ2) is 13.2. The van der Waals surface area contributed by atoms with Gasteiger partial charge in [-0.2, -0.15) is 0 Å². The van der Waals surface area contributed by atoms with E-state index >= 15 is 0 Å². The van der Waals surface area contributed by atoms with E-state index in [1.165, 1.54) is 6.92 Å². The SMILES string of the molecule is CC.CCOC1OCC(OC(C)=O)C(O)C1OC1OC(COC(C)=O)C(O)C(O)C1O. The number of aliphatic hydroxyl groups excluding tert-OH is 4. The van der Waals surface area contributed by atoms with E-state index in [1.807, 2.05) is 13.8 Å². The fourth-order valence-electron chi connectivity index (χ4n) is 3.05. The van der Waals surface area contributed by atoms with Crippen molar-refractivity contribution in [3.63, 3.8) is 0 Å². The minimum Gasteiger partial charge on any atom is -0.463 e. The van der Waals surface area contributed by atoms with Crippen LogP contribution in [-0.4, -0.2) is 107 Å². The van der Waals surface area contributed by atoms with Crippen LogP contribution in [0.3, 0.4) is 0 Å². The Morgan fingerprint density at radius 3 is 2.13 bits per heavy atom. The third-order valence-corrected chi connectivity index (χ3v) is 4.47. The van der Waals surface area contributed by atoms with E-state index in [0.29, 0.717) is 0 Å². The van der Waals surface area contributed by atoms with Gasteiger partial charge < -0.3 is 48.8 Å². The monoisotopic (exact) mass is 454 g/mol. The number of carbonyl (C=O) groups is 2. The molecule has 9 unspecified atom stereocenters. The molecule has 12 heteroatoms. The van der Waals surface area contributed by atoms with Crippen LogP contribution in [-0.2, 0) is 38.0 Å². The molecule has 2 aliphatic rings. The Hall–Kier alpha value is -1.38. The molecule has 2 saturated heterocycles. The van der Waals surface area contributed by atoms with Gasteiger partial charge in [-0.3, -0.25) is 9.59 Å². The van der Waals surface area contributed by atoms with Crippen LogP contribution in [0, 0.1) is 0 Å². The first kappa shape index (κ1) is 27.7. The molecule has 31 heavy (non-hydrogen) atoms. The van der Waals surface area contributed by atoms with Gasteiger partial charge in [0, 0.05) is 20.5 Å². The summed E-state index contributed by atoms with van der Waals surface area (Å²) in [5.41, 5.74) is 0. The first-order chi connectivity index (χ1) is 14.6. The van der Waals surface area contributed by atoms with Crippen LogP contribution in [0.4, 0.5) is 0 Å². The van der Waals surface area contributed by atoms with E-state index < -0.39 is 73.9 Å². The van der Waals surface area contributed by atoms with Crippen molar-refractivity contribution in [2.75, 3.05) is 19.8 Å². The zero-order valence-corrected chi connectivity index (χ0v) is 18.4. The first-order valence-corrected chi connectivity index (χ1v) is 10.2. The molecule has 2 aliphatic heterocycles. The quantitative estimate of drug-likeness (QED) is 0.327. The molecule has 0 saturated carbocycles. The van der Waals surface area contributed by atoms with Crippen LogP contribution in [0.2, 0.25) is 0 Å². The Kier molecular flexibility index (Phi) is 11.8. The smallest absolute Gasteiger partial charge is 0.303 e. The van der Waals surface area contributed by atoms with E-state index in [4.69, 9.17) is 28.4 Å². The Morgan fingerprint density at radius 1 is 0.935 bits per heavy atom. The second-order valence-electron chi connectivity index (χ2n) is 6.71. The van der Waals surface area contributed by atoms with E-state index in [-0.39, 0.29) is 13.2 Å². The maximum absolute atomic E-state index is 11.2. The Morgan fingerprint density at radius 2 is 1.58 bits per heavy atom. The van der Waals surface area contributed by atoms with Crippen molar-refractivity contribution < 1.29 is 58.4 Å². The molecule has 2 heterocycles. The molecule has 0 aromatic heterocycles. The van der Waals surface area contributed by atoms with Crippen molar-refractivity contribution >= 4 is 11.9 Å². The summed E-state index contributed by atoms with van der Waals surface area (Å²) in [5.74, 6) is -1.27. The minimum absolute atomic E-state index is 0.143. The largest absolute Gasteiger partial charge is 0.463 e. The molecular formula is C19H34O12. The lowest BCUT2D eigenvalue weighted by Crippen LogP contribution is -2.63. The molecule has 0 aromatic rings. The molecule has 2 rings (SSSR count). The van der Waals surface area contributed by atoms with Gasteiger partial charge in [0.1, 0.15) is 43.2 Å². The maximum atomic E-state index is 11.2. The predicted octanol–water partition coefficient (Wildman–Crippen LogP) is -1.55. The molecule has 4 N–H and O–H groups in total. The number of esters is 2. The first-order valence-electron chi connectivity index (χ1n) is 10.2. The summed E-state index contributed by atoms with van der Waals surface area (Å²) in [6, 6.07) is 0. The van der Waals surface area contributed by atoms with Crippen molar-refractivity contribution in [1.29, 1.82) is 0 Å². The number of hydrogen-bond acceptors (Lipinski definition) is 12. The standard InChI is InChI=1S/C17H28O12.C2H6/c1-4-24-17-15(12(21)10(6-26-17)27-8(3)19)29-16-14(23)13(22)11(20)9(28-16)5-25-7(2)18;1-2/h9-17,20-23H,4-6H2,1-3H3;1-2H3. The summed E-state index contributed by atoms with van der Waals surface area (Å²) in [4.78, 5) is 22.2. The summed E-state index contributed by atoms with van der Waals surface area (Å²) >= 11 is 0. The summed E-state index contributed by atoms with van der Waals surface area (Å²) < 4.78 is 31.7. The summed E-state index contributed by atoms with van der Waals surface area (Å²) in [7, 11) is 0. The number of hydrogen-bond donors (Lipinski definition) is 4. The van der Waals surface area contributed by atoms with Crippen LogP contribution >= 0.6 is 0 Å². The number of rotatable bonds is 7. The van der Waals surface area contributed by atoms with Crippen molar-refractivity contribution in [3.8, 4) is 0 Å². The molecule has 2 fully saturated rings. The average molecular weight is 454 g/mol. The van der Waals surface area contributed by atoms with Gasteiger partial charge in [-0.25, -0.2) is 0 Å². The number of carbonyl (C=O) groups excluding carboxylic acids is 2. The lowest BCUT2D eigenvalue weighted by Gasteiger charge is -2.44. The number of aliphatic hydroxyl groups is 4. The van der Waals surface area contributed by atoms with Gasteiger partial charge in [-0.15, -0.1) is 0 Å². The average Bonchev–Trinajstić information content (AvgIpc) is 2.73. The van der Waals surface area contributed by atoms with Crippen LogP contribution in [0.1, 0.15) is 34.6 Å². The van der Waals surface area contributed by atoms with E-state index in [0.717, 1.165) is 6.92 Å². The zero-order chi connectivity index (χ0) is 23.7. The highest BCUT2D eigenvalue weighted by Crippen LogP contribution is 2.28. The highest BCUT2D eigenvalue weighted by Gasteiger charge is 2.49. The van der Waals surface area contributed by atoms with E-state index in [9.17, 15) is 30.0 Å². The lowest BCUT2D eigenvalue weighted by molar-refractivity contribution is -0.356. The highest BCUT2D eigenvalue weighted by atomic mass is 16.8. The van der Waals surface area contributed by atoms with Crippen molar-refractivity contribution in [2.24, 2.45) is 0 Å². The van der Waals surface area contributed by atoms with Crippen LogP contribution < -0.4 is 0 Å². The minimum atomic E-state index is -1.69. The van der Waals surface area contributed by atoms with Crippen molar-refractivity contribution in [1.82, 2.24) is 0 Å². The van der Waals surface area contributed by atoms with Gasteiger partial charge >= 0.3 is 11.9 Å². The molecular weight excluding hydrogens is 420 g/mol. The third kappa shape index (κ3) is 7.61. The summed E-state index contributed by atoms with van der Waals surface area (Å²) in [5, 5.41) is 40.9. The summed E-state index contributed by atoms with van der Waals surface area (Å²) in [6.45, 7) is 7.69. The topological polar surface area (TPSA) is 170 Å². The van der Waals surface area contributed by atoms with Crippen LogP contribution in [0.25, 0.3) is 0 Å². The third-order valence-electron chi connectivity index (χ3n) is 4.47. The molecule has 0 aliphatic carbocycles. The van der Waals surface area contributed by atoms with Crippen molar-refractivity contribution in [3.05, 3.63) is 0 Å². The van der Waals surface area contributed by atoms with Gasteiger partial charge in [-0.05, 0) is 6.92 Å². The van der Waals surface area contributed by atoms with Gasteiger partial charge in [0.05, 0.1) is 6.61 Å². The fourth-order valence-corrected chi connectivity index (χ4v) is 3.05. The highest BCUT2D eigenvalue weighted by molar-refractivity contribution is 5.66. The molecule has 0 aromatic carbocycles. The van der Waals surface area contributed by atoms with Gasteiger partial charge in [-0.1, -0.05) is 13.8 Å².